The van der Waals surface area contributed by atoms with E-state index in [2.05, 4.69) is 44.5 Å². The van der Waals surface area contributed by atoms with Crippen LogP contribution in [0, 0.1) is 0 Å². The molecule has 1 aliphatic heterocycles. The first-order valence-electron chi connectivity index (χ1n) is 8.77. The zero-order valence-electron chi connectivity index (χ0n) is 13.5. The van der Waals surface area contributed by atoms with Gasteiger partial charge in [-0.3, -0.25) is 0 Å². The number of nitrogens with zero attached hydrogens (tertiary/aromatic N) is 3. The van der Waals surface area contributed by atoms with Gasteiger partial charge in [0.1, 0.15) is 0 Å². The minimum absolute atomic E-state index is 0.457. The highest BCUT2D eigenvalue weighted by molar-refractivity contribution is 5.33. The molecule has 0 saturated carbocycles. The molecule has 1 N–H and O–H groups in total. The normalized spacial score (nSPS) is 20.5. The summed E-state index contributed by atoms with van der Waals surface area (Å²) < 4.78 is 0. The lowest BCUT2D eigenvalue weighted by Crippen LogP contribution is -2.25. The molecule has 2 aromatic rings. The lowest BCUT2D eigenvalue weighted by Gasteiger charge is -2.26. The Balaban J connectivity index is 1.39. The van der Waals surface area contributed by atoms with Gasteiger partial charge in [-0.15, -0.1) is 0 Å². The Labute approximate surface area is 138 Å². The fraction of sp³-hybridized carbons (Fsp3) is 0.474. The maximum Gasteiger partial charge on any atom is 0.225 e. The number of hydrogen-bond donors (Lipinski definition) is 1. The van der Waals surface area contributed by atoms with Gasteiger partial charge in [0.2, 0.25) is 5.95 Å². The molecule has 4 rings (SSSR count). The van der Waals surface area contributed by atoms with Gasteiger partial charge in [0.05, 0.1) is 0 Å². The van der Waals surface area contributed by atoms with Gasteiger partial charge in [0, 0.05) is 43.6 Å². The number of anilines is 1. The zero-order chi connectivity index (χ0) is 15.5. The Morgan fingerprint density at radius 1 is 1.04 bits per heavy atom. The zero-order valence-corrected chi connectivity index (χ0v) is 13.5. The summed E-state index contributed by atoms with van der Waals surface area (Å²) in [4.78, 5) is 11.4. The quantitative estimate of drug-likeness (QED) is 0.941. The Hall–Kier alpha value is -1.94. The largest absolute Gasteiger partial charge is 0.341 e. The molecule has 0 radical (unpaired) electrons. The third-order valence-corrected chi connectivity index (χ3v) is 5.00. The van der Waals surface area contributed by atoms with Crippen molar-refractivity contribution in [2.75, 3.05) is 18.0 Å². The molecular formula is C19H24N4. The predicted molar refractivity (Wildman–Crippen MR) is 92.4 cm³/mol. The van der Waals surface area contributed by atoms with Crippen molar-refractivity contribution in [3.63, 3.8) is 0 Å². The number of nitrogens with one attached hydrogen (secondary N) is 1. The molecule has 1 aromatic carbocycles. The number of fused-ring (bicyclic) bond motifs is 1. The number of rotatable bonds is 4. The molecule has 120 valence electrons. The topological polar surface area (TPSA) is 41.1 Å². The van der Waals surface area contributed by atoms with Gasteiger partial charge in [0.15, 0.2) is 0 Å². The minimum Gasteiger partial charge on any atom is -0.341 e. The maximum atomic E-state index is 4.54. The summed E-state index contributed by atoms with van der Waals surface area (Å²) in [5, 5.41) is 3.69. The maximum absolute atomic E-state index is 4.54. The molecule has 1 aromatic heterocycles. The summed E-state index contributed by atoms with van der Waals surface area (Å²) in [6.07, 6.45) is 10.1. The van der Waals surface area contributed by atoms with Gasteiger partial charge < -0.3 is 10.2 Å². The van der Waals surface area contributed by atoms with Crippen LogP contribution in [0.25, 0.3) is 0 Å². The van der Waals surface area contributed by atoms with Crippen molar-refractivity contribution in [3.05, 3.63) is 53.3 Å². The van der Waals surface area contributed by atoms with Gasteiger partial charge in [-0.25, -0.2) is 9.97 Å². The Bertz CT molecular complexity index is 647. The summed E-state index contributed by atoms with van der Waals surface area (Å²) in [6, 6.07) is 9.27. The van der Waals surface area contributed by atoms with E-state index in [0.29, 0.717) is 6.04 Å². The van der Waals surface area contributed by atoms with Crippen molar-refractivity contribution in [2.24, 2.45) is 0 Å². The average Bonchev–Trinajstić information content (AvgIpc) is 3.15. The summed E-state index contributed by atoms with van der Waals surface area (Å²) in [7, 11) is 0. The van der Waals surface area contributed by atoms with Crippen LogP contribution >= 0.6 is 0 Å². The molecule has 1 saturated heterocycles. The molecule has 4 nitrogen and oxygen atoms in total. The summed E-state index contributed by atoms with van der Waals surface area (Å²) in [5.41, 5.74) is 4.13. The number of aromatic nitrogens is 2. The first-order chi connectivity index (χ1) is 11.4. The van der Waals surface area contributed by atoms with E-state index in [4.69, 9.17) is 0 Å². The first-order valence-corrected chi connectivity index (χ1v) is 8.77. The van der Waals surface area contributed by atoms with E-state index < -0.39 is 0 Å². The van der Waals surface area contributed by atoms with Crippen molar-refractivity contribution in [2.45, 2.75) is 44.7 Å². The van der Waals surface area contributed by atoms with Crippen LogP contribution in [0.5, 0.6) is 0 Å². The van der Waals surface area contributed by atoms with Gasteiger partial charge in [0.25, 0.3) is 0 Å². The number of aryl methyl sites for hydroxylation is 1. The Kier molecular flexibility index (Phi) is 4.24. The van der Waals surface area contributed by atoms with E-state index >= 15 is 0 Å². The number of hydrogen-bond acceptors (Lipinski definition) is 4. The van der Waals surface area contributed by atoms with E-state index in [1.54, 1.807) is 0 Å². The molecule has 1 aliphatic carbocycles. The fourth-order valence-corrected chi connectivity index (χ4v) is 3.73. The highest BCUT2D eigenvalue weighted by atomic mass is 15.3. The SMILES string of the molecule is c1ccc2c(c1)CCC[C@H]2NCc1cnc(N2CCCC2)nc1. The van der Waals surface area contributed by atoms with Crippen molar-refractivity contribution >= 4 is 5.95 Å². The molecule has 2 aliphatic rings. The van der Waals surface area contributed by atoms with Crippen LogP contribution in [0.2, 0.25) is 0 Å². The molecule has 2 heterocycles. The van der Waals surface area contributed by atoms with Crippen LogP contribution in [0.15, 0.2) is 36.7 Å². The summed E-state index contributed by atoms with van der Waals surface area (Å²) in [5.74, 6) is 0.884. The molecule has 0 amide bonds. The van der Waals surface area contributed by atoms with Crippen LogP contribution in [-0.2, 0) is 13.0 Å². The highest BCUT2D eigenvalue weighted by Crippen LogP contribution is 2.29. The van der Waals surface area contributed by atoms with Gasteiger partial charge in [-0.05, 0) is 43.2 Å². The second kappa shape index (κ2) is 6.67. The van der Waals surface area contributed by atoms with E-state index in [1.807, 2.05) is 12.4 Å². The van der Waals surface area contributed by atoms with Crippen molar-refractivity contribution in [1.82, 2.24) is 15.3 Å². The van der Waals surface area contributed by atoms with Crippen molar-refractivity contribution in [3.8, 4) is 0 Å². The Morgan fingerprint density at radius 2 is 1.83 bits per heavy atom. The third kappa shape index (κ3) is 3.22. The first kappa shape index (κ1) is 14.6. The minimum atomic E-state index is 0.457. The van der Waals surface area contributed by atoms with Crippen LogP contribution in [0.1, 0.15) is 48.4 Å². The van der Waals surface area contributed by atoms with Crippen LogP contribution in [-0.4, -0.2) is 23.1 Å². The molecule has 0 unspecified atom stereocenters. The van der Waals surface area contributed by atoms with Gasteiger partial charge >= 0.3 is 0 Å². The molecule has 0 bridgehead atoms. The Morgan fingerprint density at radius 3 is 2.65 bits per heavy atom. The lowest BCUT2D eigenvalue weighted by atomic mass is 9.88. The van der Waals surface area contributed by atoms with E-state index in [0.717, 1.165) is 31.1 Å². The van der Waals surface area contributed by atoms with Crippen LogP contribution in [0.3, 0.4) is 0 Å². The van der Waals surface area contributed by atoms with Crippen LogP contribution in [0.4, 0.5) is 5.95 Å². The second-order valence-electron chi connectivity index (χ2n) is 6.61. The van der Waals surface area contributed by atoms with Crippen LogP contribution < -0.4 is 10.2 Å². The van der Waals surface area contributed by atoms with Gasteiger partial charge in [-0.1, -0.05) is 24.3 Å². The average molecular weight is 308 g/mol. The molecule has 23 heavy (non-hydrogen) atoms. The molecule has 1 atom stereocenters. The fourth-order valence-electron chi connectivity index (χ4n) is 3.73. The van der Waals surface area contributed by atoms with Crippen molar-refractivity contribution in [1.29, 1.82) is 0 Å². The second-order valence-corrected chi connectivity index (χ2v) is 6.61. The van der Waals surface area contributed by atoms with Gasteiger partial charge in [-0.2, -0.15) is 0 Å². The standard InChI is InChI=1S/C19H24N4/c1-2-8-17-16(6-1)7-5-9-18(17)20-12-15-13-21-19(22-14-15)23-10-3-4-11-23/h1-2,6,8,13-14,18,20H,3-5,7,9-12H2/t18-/m1/s1. The monoisotopic (exact) mass is 308 g/mol. The molecular weight excluding hydrogens is 284 g/mol. The molecule has 4 heteroatoms. The van der Waals surface area contributed by atoms with E-state index in [-0.39, 0.29) is 0 Å². The smallest absolute Gasteiger partial charge is 0.225 e. The molecule has 1 fully saturated rings. The molecule has 0 spiro atoms. The lowest BCUT2D eigenvalue weighted by molar-refractivity contribution is 0.458. The van der Waals surface area contributed by atoms with E-state index in [1.165, 1.54) is 43.2 Å². The number of benzene rings is 1. The van der Waals surface area contributed by atoms with E-state index in [9.17, 15) is 0 Å². The summed E-state index contributed by atoms with van der Waals surface area (Å²) in [6.45, 7) is 3.02. The third-order valence-electron chi connectivity index (χ3n) is 5.00. The summed E-state index contributed by atoms with van der Waals surface area (Å²) >= 11 is 0. The highest BCUT2D eigenvalue weighted by Gasteiger charge is 2.19. The van der Waals surface area contributed by atoms with Crippen molar-refractivity contribution < 1.29 is 0 Å². The predicted octanol–water partition coefficient (Wildman–Crippen LogP) is 3.24.